The lowest BCUT2D eigenvalue weighted by Crippen LogP contribution is -2.55. The zero-order valence-electron chi connectivity index (χ0n) is 10.3. The Labute approximate surface area is 106 Å². The van der Waals surface area contributed by atoms with Crippen molar-refractivity contribution in [3.05, 3.63) is 0 Å². The lowest BCUT2D eigenvalue weighted by atomic mass is 9.96. The number of hydrogen-bond donors (Lipinski definition) is 2. The second-order valence-corrected chi connectivity index (χ2v) is 6.21. The highest BCUT2D eigenvalue weighted by Crippen LogP contribution is 2.42. The van der Waals surface area contributed by atoms with Crippen molar-refractivity contribution >= 4 is 17.7 Å². The van der Waals surface area contributed by atoms with Crippen LogP contribution in [0.5, 0.6) is 0 Å². The summed E-state index contributed by atoms with van der Waals surface area (Å²) < 4.78 is 5.32. The molecule has 1 aliphatic carbocycles. The van der Waals surface area contributed by atoms with Crippen LogP contribution in [0.3, 0.4) is 0 Å². The van der Waals surface area contributed by atoms with Crippen LogP contribution >= 0.6 is 11.8 Å². The Kier molecular flexibility index (Phi) is 4.33. The fourth-order valence-corrected chi connectivity index (χ4v) is 3.93. The van der Waals surface area contributed by atoms with Crippen LogP contribution in [0.2, 0.25) is 0 Å². The number of carbonyl (C=O) groups is 1. The summed E-state index contributed by atoms with van der Waals surface area (Å²) >= 11 is 1.80. The van der Waals surface area contributed by atoms with Gasteiger partial charge in [-0.25, -0.2) is 0 Å². The Bertz CT molecular complexity index is 277. The van der Waals surface area contributed by atoms with Crippen molar-refractivity contribution in [1.82, 2.24) is 5.32 Å². The van der Waals surface area contributed by atoms with Gasteiger partial charge in [0.25, 0.3) is 0 Å². The third kappa shape index (κ3) is 2.95. The molecule has 4 nitrogen and oxygen atoms in total. The summed E-state index contributed by atoms with van der Waals surface area (Å²) in [5, 5.41) is 13.1. The van der Waals surface area contributed by atoms with Crippen LogP contribution in [0, 0.1) is 5.92 Å². The molecule has 1 aliphatic heterocycles. The number of carboxylic acids is 1. The quantitative estimate of drug-likeness (QED) is 0.754. The maximum atomic E-state index is 11.5. The van der Waals surface area contributed by atoms with E-state index in [0.717, 1.165) is 38.9 Å². The molecule has 5 heteroatoms. The van der Waals surface area contributed by atoms with Crippen molar-refractivity contribution < 1.29 is 14.6 Å². The van der Waals surface area contributed by atoms with E-state index in [0.29, 0.717) is 16.9 Å². The molecule has 0 bridgehead atoms. The molecule has 17 heavy (non-hydrogen) atoms. The van der Waals surface area contributed by atoms with E-state index in [1.165, 1.54) is 0 Å². The molecule has 0 aromatic heterocycles. The van der Waals surface area contributed by atoms with E-state index < -0.39 is 11.5 Å². The highest BCUT2D eigenvalue weighted by Gasteiger charge is 2.50. The topological polar surface area (TPSA) is 58.6 Å². The molecular formula is C12H21NO3S. The van der Waals surface area contributed by atoms with E-state index in [1.807, 2.05) is 0 Å². The van der Waals surface area contributed by atoms with Gasteiger partial charge in [0.1, 0.15) is 5.54 Å². The highest BCUT2D eigenvalue weighted by atomic mass is 32.2. The van der Waals surface area contributed by atoms with Gasteiger partial charge in [0.15, 0.2) is 0 Å². The molecule has 0 amide bonds. The molecule has 0 aromatic rings. The first-order chi connectivity index (χ1) is 8.19. The molecule has 1 heterocycles. The first-order valence-corrected chi connectivity index (χ1v) is 7.35. The number of aliphatic carboxylic acids is 1. The third-order valence-corrected chi connectivity index (χ3v) is 5.38. The van der Waals surface area contributed by atoms with Gasteiger partial charge in [0.2, 0.25) is 0 Å². The Balaban J connectivity index is 1.90. The molecule has 1 saturated carbocycles. The first-order valence-electron chi connectivity index (χ1n) is 6.30. The molecule has 1 unspecified atom stereocenters. The summed E-state index contributed by atoms with van der Waals surface area (Å²) in [6, 6.07) is 0. The number of carboxylic acid groups (broad SMARTS) is 1. The van der Waals surface area contributed by atoms with Crippen LogP contribution in [-0.2, 0) is 9.53 Å². The number of hydrogen-bond acceptors (Lipinski definition) is 4. The predicted molar refractivity (Wildman–Crippen MR) is 68.4 cm³/mol. The van der Waals surface area contributed by atoms with Gasteiger partial charge in [-0.2, -0.15) is 11.8 Å². The summed E-state index contributed by atoms with van der Waals surface area (Å²) in [5.41, 5.74) is -0.705. The van der Waals surface area contributed by atoms with Gasteiger partial charge in [0.05, 0.1) is 0 Å². The Hall–Kier alpha value is -0.260. The Morgan fingerprint density at radius 1 is 1.41 bits per heavy atom. The lowest BCUT2D eigenvalue weighted by Gasteiger charge is -2.31. The molecule has 2 aliphatic rings. The van der Waals surface area contributed by atoms with Crippen molar-refractivity contribution in [1.29, 1.82) is 0 Å². The second kappa shape index (κ2) is 5.59. The molecule has 2 rings (SSSR count). The minimum Gasteiger partial charge on any atom is -0.480 e. The van der Waals surface area contributed by atoms with Crippen molar-refractivity contribution in [2.24, 2.45) is 5.92 Å². The highest BCUT2D eigenvalue weighted by molar-refractivity contribution is 8.00. The van der Waals surface area contributed by atoms with Gasteiger partial charge in [0, 0.05) is 24.2 Å². The average Bonchev–Trinajstić information content (AvgIpc) is 3.16. The Morgan fingerprint density at radius 3 is 2.53 bits per heavy atom. The van der Waals surface area contributed by atoms with Gasteiger partial charge in [-0.15, -0.1) is 0 Å². The lowest BCUT2D eigenvalue weighted by molar-refractivity contribution is -0.144. The number of rotatable bonds is 6. The van der Waals surface area contributed by atoms with E-state index in [2.05, 4.69) is 5.32 Å². The van der Waals surface area contributed by atoms with Crippen molar-refractivity contribution in [2.45, 2.75) is 36.5 Å². The molecule has 2 N–H and O–H groups in total. The minimum absolute atomic E-state index is 0.317. The normalized spacial score (nSPS) is 25.5. The zero-order valence-corrected chi connectivity index (χ0v) is 11.1. The van der Waals surface area contributed by atoms with Crippen molar-refractivity contribution in [3.63, 3.8) is 0 Å². The summed E-state index contributed by atoms with van der Waals surface area (Å²) in [5.74, 6) is 0.299. The molecule has 2 fully saturated rings. The standard InChI is InChI=1S/C12H21NO3S/c1-13-12(11(14)15,9-2-3-9)8-17-10-4-6-16-7-5-10/h9-10,13H,2-8H2,1H3,(H,14,15). The van der Waals surface area contributed by atoms with Crippen LogP contribution in [-0.4, -0.2) is 47.9 Å². The van der Waals surface area contributed by atoms with Gasteiger partial charge < -0.3 is 15.2 Å². The number of nitrogens with one attached hydrogen (secondary N) is 1. The third-order valence-electron chi connectivity index (χ3n) is 3.82. The van der Waals surface area contributed by atoms with Gasteiger partial charge in [-0.1, -0.05) is 0 Å². The molecule has 0 radical (unpaired) electrons. The number of ether oxygens (including phenoxy) is 1. The molecule has 98 valence electrons. The van der Waals surface area contributed by atoms with Gasteiger partial charge >= 0.3 is 5.97 Å². The summed E-state index contributed by atoms with van der Waals surface area (Å²) in [6.07, 6.45) is 4.19. The predicted octanol–water partition coefficient (Wildman–Crippen LogP) is 1.35. The van der Waals surface area contributed by atoms with Crippen molar-refractivity contribution in [3.8, 4) is 0 Å². The fourth-order valence-electron chi connectivity index (χ4n) is 2.41. The molecule has 0 aromatic carbocycles. The van der Waals surface area contributed by atoms with E-state index in [9.17, 15) is 9.90 Å². The molecule has 1 saturated heterocycles. The summed E-state index contributed by atoms with van der Waals surface area (Å²) in [7, 11) is 1.77. The summed E-state index contributed by atoms with van der Waals surface area (Å²) in [6.45, 7) is 1.64. The SMILES string of the molecule is CNC(CSC1CCOCC1)(C(=O)O)C1CC1. The van der Waals surface area contributed by atoms with Crippen molar-refractivity contribution in [2.75, 3.05) is 26.0 Å². The van der Waals surface area contributed by atoms with Crippen LogP contribution < -0.4 is 5.32 Å². The van der Waals surface area contributed by atoms with E-state index >= 15 is 0 Å². The minimum atomic E-state index is -0.705. The maximum absolute atomic E-state index is 11.5. The first kappa shape index (κ1) is 13.2. The van der Waals surface area contributed by atoms with Crippen LogP contribution in [0.1, 0.15) is 25.7 Å². The zero-order chi connectivity index (χ0) is 12.3. The van der Waals surface area contributed by atoms with E-state index in [4.69, 9.17) is 4.74 Å². The largest absolute Gasteiger partial charge is 0.480 e. The molecule has 0 spiro atoms. The van der Waals surface area contributed by atoms with Crippen LogP contribution in [0.4, 0.5) is 0 Å². The van der Waals surface area contributed by atoms with Gasteiger partial charge in [-0.3, -0.25) is 4.79 Å². The van der Waals surface area contributed by atoms with Crippen LogP contribution in [0.25, 0.3) is 0 Å². The number of thioether (sulfide) groups is 1. The average molecular weight is 259 g/mol. The smallest absolute Gasteiger partial charge is 0.325 e. The fraction of sp³-hybridized carbons (Fsp3) is 0.917. The van der Waals surface area contributed by atoms with Gasteiger partial charge in [-0.05, 0) is 38.6 Å². The Morgan fingerprint density at radius 2 is 2.06 bits per heavy atom. The molecule has 1 atom stereocenters. The van der Waals surface area contributed by atoms with E-state index in [-0.39, 0.29) is 0 Å². The van der Waals surface area contributed by atoms with E-state index in [1.54, 1.807) is 18.8 Å². The van der Waals surface area contributed by atoms with Crippen LogP contribution in [0.15, 0.2) is 0 Å². The molecular weight excluding hydrogens is 238 g/mol. The number of likely N-dealkylation sites (N-methyl/N-ethyl adjacent to an activating group) is 1. The maximum Gasteiger partial charge on any atom is 0.325 e. The second-order valence-electron chi connectivity index (χ2n) is 4.92. The summed E-state index contributed by atoms with van der Waals surface area (Å²) in [4.78, 5) is 11.5. The monoisotopic (exact) mass is 259 g/mol.